The Balaban J connectivity index is 2.00. The lowest BCUT2D eigenvalue weighted by atomic mass is 10.0. The summed E-state index contributed by atoms with van der Waals surface area (Å²) in [7, 11) is -7.86. The van der Waals surface area contributed by atoms with Crippen molar-refractivity contribution in [1.29, 1.82) is 0 Å². The molecule has 0 aliphatic carbocycles. The molecule has 0 unspecified atom stereocenters. The molecule has 29 heavy (non-hydrogen) atoms. The molecule has 1 amide bonds. The van der Waals surface area contributed by atoms with Crippen LogP contribution in [-0.4, -0.2) is 39.6 Å². The highest BCUT2D eigenvalue weighted by Crippen LogP contribution is 2.38. The maximum atomic E-state index is 15.1. The Morgan fingerprint density at radius 3 is 2.31 bits per heavy atom. The van der Waals surface area contributed by atoms with Crippen LogP contribution in [0.2, 0.25) is 0 Å². The number of sulfonamides is 1. The molecule has 2 aromatic rings. The Morgan fingerprint density at radius 2 is 1.79 bits per heavy atom. The van der Waals surface area contributed by atoms with Crippen LogP contribution < -0.4 is 13.7 Å². The van der Waals surface area contributed by atoms with E-state index < -0.39 is 55.2 Å². The van der Waals surface area contributed by atoms with E-state index >= 15 is 4.39 Å². The van der Waals surface area contributed by atoms with Crippen LogP contribution in [0.25, 0.3) is 11.1 Å². The van der Waals surface area contributed by atoms with Gasteiger partial charge in [-0.3, -0.25) is 9.52 Å². The first-order chi connectivity index (χ1) is 13.4. The third-order valence-corrected chi connectivity index (χ3v) is 7.38. The molecule has 0 atom stereocenters. The number of carbonyl (C=O) groups excluding carboxylic acids is 1. The van der Waals surface area contributed by atoms with Gasteiger partial charge in [0.1, 0.15) is 18.0 Å². The lowest BCUT2D eigenvalue weighted by Crippen LogP contribution is -2.30. The van der Waals surface area contributed by atoms with E-state index in [4.69, 9.17) is 0 Å². The van der Waals surface area contributed by atoms with E-state index in [1.54, 1.807) is 4.72 Å². The number of anilines is 2. The molecule has 0 bridgehead atoms. The van der Waals surface area contributed by atoms with Gasteiger partial charge in [0.05, 0.1) is 5.25 Å². The number of nitrogens with one attached hydrogen (secondary N) is 2. The van der Waals surface area contributed by atoms with Gasteiger partial charge in [0.2, 0.25) is 10.0 Å². The van der Waals surface area contributed by atoms with Crippen LogP contribution in [-0.2, 0) is 25.0 Å². The fourth-order valence-corrected chi connectivity index (χ4v) is 4.52. The average molecular weight is 443 g/mol. The summed E-state index contributed by atoms with van der Waals surface area (Å²) in [6, 6.07) is 8.11. The molecule has 0 saturated carbocycles. The molecule has 2 aromatic carbocycles. The Kier molecular flexibility index (Phi) is 5.17. The highest BCUT2D eigenvalue weighted by atomic mass is 32.2. The number of carbonyl (C=O) groups is 1. The number of aromatic hydroxyl groups is 1. The fraction of sp³-hybridized carbons (Fsp3) is 0.235. The second kappa shape index (κ2) is 7.19. The minimum absolute atomic E-state index is 0.0365. The van der Waals surface area contributed by atoms with Crippen molar-refractivity contribution >= 4 is 37.5 Å². The summed E-state index contributed by atoms with van der Waals surface area (Å²) in [5.74, 6) is -2.54. The summed E-state index contributed by atoms with van der Waals surface area (Å²) in [5.41, 5.74) is -0.0954. The molecule has 0 spiro atoms. The fourth-order valence-electron chi connectivity index (χ4n) is 2.66. The first-order valence-corrected chi connectivity index (χ1v) is 11.4. The number of amides is 1. The van der Waals surface area contributed by atoms with Gasteiger partial charge in [0, 0.05) is 11.3 Å². The molecule has 3 N–H and O–H groups in total. The smallest absolute Gasteiger partial charge is 0.326 e. The van der Waals surface area contributed by atoms with Crippen molar-refractivity contribution in [2.45, 2.75) is 19.1 Å². The standard InChI is InChI=1S/C17H18FN3O6S2/c1-10(2)28(24,25)19-12-5-3-11(4-6-12)13-7-8-14(22)17(16(13)18)21-9-15(23)20-29(21,26)27/h3-8,10,19,22H,9H2,1-2H3,(H,20,23). The highest BCUT2D eigenvalue weighted by molar-refractivity contribution is 7.93. The summed E-state index contributed by atoms with van der Waals surface area (Å²) in [4.78, 5) is 11.4. The first-order valence-electron chi connectivity index (χ1n) is 8.39. The van der Waals surface area contributed by atoms with Crippen LogP contribution in [0.15, 0.2) is 36.4 Å². The van der Waals surface area contributed by atoms with E-state index in [1.807, 2.05) is 0 Å². The molecule has 156 valence electrons. The van der Waals surface area contributed by atoms with Crippen LogP contribution in [0.5, 0.6) is 5.75 Å². The van der Waals surface area contributed by atoms with Gasteiger partial charge < -0.3 is 5.11 Å². The maximum Gasteiger partial charge on any atom is 0.326 e. The van der Waals surface area contributed by atoms with E-state index in [-0.39, 0.29) is 11.3 Å². The Hall–Kier alpha value is -2.86. The van der Waals surface area contributed by atoms with Gasteiger partial charge in [-0.15, -0.1) is 0 Å². The predicted octanol–water partition coefficient (Wildman–Crippen LogP) is 1.53. The van der Waals surface area contributed by atoms with Crippen molar-refractivity contribution in [3.63, 3.8) is 0 Å². The number of nitrogens with zero attached hydrogens (tertiary/aromatic N) is 1. The van der Waals surface area contributed by atoms with Crippen LogP contribution in [0.1, 0.15) is 13.8 Å². The second-order valence-electron chi connectivity index (χ2n) is 6.60. The maximum absolute atomic E-state index is 15.1. The first kappa shape index (κ1) is 20.9. The van der Waals surface area contributed by atoms with Gasteiger partial charge in [-0.2, -0.15) is 8.42 Å². The molecular formula is C17H18FN3O6S2. The number of phenols is 1. The zero-order valence-electron chi connectivity index (χ0n) is 15.4. The number of phenolic OH excluding ortho intramolecular Hbond substituents is 1. The van der Waals surface area contributed by atoms with Crippen molar-refractivity contribution in [1.82, 2.24) is 4.72 Å². The van der Waals surface area contributed by atoms with Crippen molar-refractivity contribution < 1.29 is 31.1 Å². The Labute approximate surface area is 167 Å². The van der Waals surface area contributed by atoms with Crippen LogP contribution in [0.3, 0.4) is 0 Å². The molecule has 1 aliphatic rings. The van der Waals surface area contributed by atoms with Gasteiger partial charge >= 0.3 is 10.2 Å². The minimum Gasteiger partial charge on any atom is -0.506 e. The summed E-state index contributed by atoms with van der Waals surface area (Å²) in [5, 5.41) is 9.36. The van der Waals surface area contributed by atoms with Crippen molar-refractivity contribution in [2.24, 2.45) is 0 Å². The molecule has 0 aromatic heterocycles. The summed E-state index contributed by atoms with van der Waals surface area (Å²) < 4.78 is 67.5. The molecule has 0 radical (unpaired) electrons. The Morgan fingerprint density at radius 1 is 1.17 bits per heavy atom. The molecule has 1 fully saturated rings. The third kappa shape index (κ3) is 3.98. The number of hydrogen-bond donors (Lipinski definition) is 3. The molecule has 9 nitrogen and oxygen atoms in total. The molecule has 1 heterocycles. The predicted molar refractivity (Wildman–Crippen MR) is 106 cm³/mol. The van der Waals surface area contributed by atoms with E-state index in [1.165, 1.54) is 44.2 Å². The van der Waals surface area contributed by atoms with Gasteiger partial charge in [-0.05, 0) is 43.7 Å². The summed E-state index contributed by atoms with van der Waals surface area (Å²) in [6.45, 7) is 2.39. The lowest BCUT2D eigenvalue weighted by molar-refractivity contribution is -0.117. The average Bonchev–Trinajstić information content (AvgIpc) is 2.88. The second-order valence-corrected chi connectivity index (χ2v) is 10.4. The van der Waals surface area contributed by atoms with E-state index in [2.05, 4.69) is 4.72 Å². The normalized spacial score (nSPS) is 16.1. The monoisotopic (exact) mass is 443 g/mol. The van der Waals surface area contributed by atoms with Gasteiger partial charge in [0.15, 0.2) is 5.82 Å². The third-order valence-electron chi connectivity index (χ3n) is 4.24. The van der Waals surface area contributed by atoms with Crippen molar-refractivity contribution in [2.75, 3.05) is 15.6 Å². The van der Waals surface area contributed by atoms with Crippen molar-refractivity contribution in [3.8, 4) is 16.9 Å². The summed E-state index contributed by atoms with van der Waals surface area (Å²) in [6.07, 6.45) is 0. The van der Waals surface area contributed by atoms with E-state index in [9.17, 15) is 26.7 Å². The number of rotatable bonds is 5. The summed E-state index contributed by atoms with van der Waals surface area (Å²) >= 11 is 0. The van der Waals surface area contributed by atoms with Crippen LogP contribution >= 0.6 is 0 Å². The van der Waals surface area contributed by atoms with Crippen LogP contribution in [0, 0.1) is 5.82 Å². The quantitative estimate of drug-likeness (QED) is 0.642. The zero-order chi connectivity index (χ0) is 21.6. The molecule has 1 saturated heterocycles. The van der Waals surface area contributed by atoms with E-state index in [0.29, 0.717) is 9.87 Å². The van der Waals surface area contributed by atoms with Gasteiger partial charge in [0.25, 0.3) is 5.91 Å². The van der Waals surface area contributed by atoms with Crippen molar-refractivity contribution in [3.05, 3.63) is 42.2 Å². The minimum atomic E-state index is -4.31. The van der Waals surface area contributed by atoms with Gasteiger partial charge in [-0.1, -0.05) is 12.1 Å². The number of hydrogen-bond acceptors (Lipinski definition) is 6. The molecule has 3 rings (SSSR count). The highest BCUT2D eigenvalue weighted by Gasteiger charge is 2.38. The Bertz CT molecular complexity index is 1180. The number of halogens is 1. The van der Waals surface area contributed by atoms with E-state index in [0.717, 1.165) is 6.07 Å². The number of benzene rings is 2. The van der Waals surface area contributed by atoms with Crippen LogP contribution in [0.4, 0.5) is 15.8 Å². The molecule has 12 heteroatoms. The largest absolute Gasteiger partial charge is 0.506 e. The molecular weight excluding hydrogens is 425 g/mol. The zero-order valence-corrected chi connectivity index (χ0v) is 17.0. The topological polar surface area (TPSA) is 133 Å². The van der Waals surface area contributed by atoms with Gasteiger partial charge in [-0.25, -0.2) is 21.8 Å². The lowest BCUT2D eigenvalue weighted by Gasteiger charge is -2.19. The SMILES string of the molecule is CC(C)S(=O)(=O)Nc1ccc(-c2ccc(O)c(N3CC(=O)NS3(=O)=O)c2F)cc1. The molecule has 1 aliphatic heterocycles.